The molecule has 0 aliphatic carbocycles. The summed E-state index contributed by atoms with van der Waals surface area (Å²) in [6, 6.07) is 0. The van der Waals surface area contributed by atoms with Crippen molar-refractivity contribution < 1.29 is 19.0 Å². The van der Waals surface area contributed by atoms with Gasteiger partial charge in [-0.25, -0.2) is 4.79 Å². The average molecular weight is 207 g/mol. The maximum Gasteiger partial charge on any atom is 0.357 e. The van der Waals surface area contributed by atoms with Crippen LogP contribution >= 0.6 is 11.6 Å². The lowest BCUT2D eigenvalue weighted by Gasteiger charge is -2.10. The predicted octanol–water partition coefficient (Wildman–Crippen LogP) is 0.672. The number of methoxy groups -OCH3 is 1. The van der Waals surface area contributed by atoms with Gasteiger partial charge in [0.25, 0.3) is 5.06 Å². The van der Waals surface area contributed by atoms with Gasteiger partial charge in [0.1, 0.15) is 0 Å². The number of halogens is 1. The van der Waals surface area contributed by atoms with Crippen LogP contribution in [0.15, 0.2) is 0 Å². The molecule has 1 spiro atoms. The zero-order chi connectivity index (χ0) is 9.69. The van der Waals surface area contributed by atoms with Gasteiger partial charge in [-0.15, -0.1) is 0 Å². The van der Waals surface area contributed by atoms with E-state index in [9.17, 15) is 4.79 Å². The Bertz CT molecular complexity index is 257. The number of hydrogen-bond acceptors (Lipinski definition) is 4. The Kier molecular flexibility index (Phi) is 1.84. The number of ether oxygens (including phenoxy) is 3. The zero-order valence-electron chi connectivity index (χ0n) is 7.50. The molecule has 13 heavy (non-hydrogen) atoms. The maximum atomic E-state index is 11.3. The number of carbonyl (C=O) groups excluding carboxylic acids is 1. The fourth-order valence-electron chi connectivity index (χ4n) is 1.85. The van der Waals surface area contributed by atoms with Crippen molar-refractivity contribution in [2.75, 3.05) is 13.7 Å². The van der Waals surface area contributed by atoms with Crippen LogP contribution < -0.4 is 0 Å². The number of hydrogen-bond donors (Lipinski definition) is 0. The van der Waals surface area contributed by atoms with Crippen LogP contribution in [0.1, 0.15) is 13.3 Å². The second kappa shape index (κ2) is 2.59. The van der Waals surface area contributed by atoms with Gasteiger partial charge in [-0.05, 0) is 6.92 Å². The minimum atomic E-state index is -1.31. The molecule has 2 aliphatic rings. The van der Waals surface area contributed by atoms with E-state index in [1.54, 1.807) is 0 Å². The van der Waals surface area contributed by atoms with Crippen molar-refractivity contribution in [1.82, 2.24) is 0 Å². The highest BCUT2D eigenvalue weighted by atomic mass is 35.5. The second-order valence-electron chi connectivity index (χ2n) is 3.34. The van der Waals surface area contributed by atoms with Crippen LogP contribution in [0, 0.1) is 0 Å². The quantitative estimate of drug-likeness (QED) is 0.360. The minimum Gasteiger partial charge on any atom is -0.466 e. The first-order valence-electron chi connectivity index (χ1n) is 4.16. The molecule has 0 radical (unpaired) electrons. The summed E-state index contributed by atoms with van der Waals surface area (Å²) in [5, 5.41) is -1.31. The van der Waals surface area contributed by atoms with E-state index in [0.29, 0.717) is 13.0 Å². The molecule has 3 unspecified atom stereocenters. The predicted molar refractivity (Wildman–Crippen MR) is 44.4 cm³/mol. The molecular weight excluding hydrogens is 196 g/mol. The minimum absolute atomic E-state index is 0.149. The van der Waals surface area contributed by atoms with Gasteiger partial charge in [-0.2, -0.15) is 0 Å². The van der Waals surface area contributed by atoms with Crippen LogP contribution in [0.3, 0.4) is 0 Å². The first kappa shape index (κ1) is 9.24. The lowest BCUT2D eigenvalue weighted by molar-refractivity contribution is -0.143. The summed E-state index contributed by atoms with van der Waals surface area (Å²) in [4.78, 5) is 11.3. The summed E-state index contributed by atoms with van der Waals surface area (Å²) < 4.78 is 15.1. The fourth-order valence-corrected chi connectivity index (χ4v) is 2.32. The van der Waals surface area contributed by atoms with Crippen LogP contribution in [0.5, 0.6) is 0 Å². The molecule has 2 aliphatic heterocycles. The zero-order valence-corrected chi connectivity index (χ0v) is 8.26. The number of alkyl halides is 1. The average Bonchev–Trinajstić information content (AvgIpc) is 2.56. The molecular formula is C8H11ClO4. The fraction of sp³-hybridized carbons (Fsp3) is 0.875. The highest BCUT2D eigenvalue weighted by molar-refractivity contribution is 6.36. The first-order valence-corrected chi connectivity index (χ1v) is 4.54. The topological polar surface area (TPSA) is 48.1 Å². The summed E-state index contributed by atoms with van der Waals surface area (Å²) in [5.41, 5.74) is -0.651. The van der Waals surface area contributed by atoms with Gasteiger partial charge in [-0.3, -0.25) is 0 Å². The van der Waals surface area contributed by atoms with Gasteiger partial charge in [0.2, 0.25) is 0 Å². The maximum absolute atomic E-state index is 11.3. The van der Waals surface area contributed by atoms with Gasteiger partial charge >= 0.3 is 5.97 Å². The number of esters is 1. The summed E-state index contributed by atoms with van der Waals surface area (Å²) in [6.45, 7) is 2.42. The number of rotatable bonds is 1. The lowest BCUT2D eigenvalue weighted by Crippen LogP contribution is -2.34. The van der Waals surface area contributed by atoms with Gasteiger partial charge in [0.05, 0.1) is 19.8 Å². The molecule has 0 N–H and O–H groups in total. The smallest absolute Gasteiger partial charge is 0.357 e. The Morgan fingerprint density at radius 2 is 2.38 bits per heavy atom. The third-order valence-electron chi connectivity index (χ3n) is 2.77. The van der Waals surface area contributed by atoms with E-state index in [1.165, 1.54) is 7.11 Å². The number of carbonyl (C=O) groups is 1. The Morgan fingerprint density at radius 3 is 2.85 bits per heavy atom. The molecule has 0 bridgehead atoms. The van der Waals surface area contributed by atoms with Crippen molar-refractivity contribution in [3.8, 4) is 0 Å². The van der Waals surface area contributed by atoms with Crippen LogP contribution in [0.2, 0.25) is 0 Å². The third kappa shape index (κ3) is 0.965. The molecule has 74 valence electrons. The molecule has 0 amide bonds. The molecule has 2 heterocycles. The van der Waals surface area contributed by atoms with Crippen LogP contribution in [0.4, 0.5) is 0 Å². The van der Waals surface area contributed by atoms with Crippen molar-refractivity contribution in [3.05, 3.63) is 0 Å². The highest BCUT2D eigenvalue weighted by Gasteiger charge is 2.79. The van der Waals surface area contributed by atoms with Crippen LogP contribution in [0.25, 0.3) is 0 Å². The Balaban J connectivity index is 2.19. The van der Waals surface area contributed by atoms with Gasteiger partial charge in [-0.1, -0.05) is 11.6 Å². The normalized spacial score (nSPS) is 48.1. The molecule has 4 nitrogen and oxygen atoms in total. The molecule has 2 fully saturated rings. The summed E-state index contributed by atoms with van der Waals surface area (Å²) in [7, 11) is 1.29. The second-order valence-corrected chi connectivity index (χ2v) is 3.87. The molecule has 2 rings (SSSR count). The van der Waals surface area contributed by atoms with E-state index in [4.69, 9.17) is 21.1 Å². The third-order valence-corrected chi connectivity index (χ3v) is 3.32. The molecule has 5 heteroatoms. The van der Waals surface area contributed by atoms with Crippen molar-refractivity contribution in [2.24, 2.45) is 0 Å². The van der Waals surface area contributed by atoms with Crippen molar-refractivity contribution in [2.45, 2.75) is 30.1 Å². The van der Waals surface area contributed by atoms with E-state index in [2.05, 4.69) is 4.74 Å². The largest absolute Gasteiger partial charge is 0.466 e. The van der Waals surface area contributed by atoms with Crippen molar-refractivity contribution in [1.29, 1.82) is 0 Å². The Hall–Kier alpha value is -0.320. The Morgan fingerprint density at radius 1 is 1.69 bits per heavy atom. The van der Waals surface area contributed by atoms with Crippen LogP contribution in [-0.4, -0.2) is 36.5 Å². The van der Waals surface area contributed by atoms with E-state index >= 15 is 0 Å². The summed E-state index contributed by atoms with van der Waals surface area (Å²) >= 11 is 5.98. The van der Waals surface area contributed by atoms with Gasteiger partial charge in [0, 0.05) is 6.42 Å². The van der Waals surface area contributed by atoms with E-state index in [-0.39, 0.29) is 6.10 Å². The molecule has 0 aromatic heterocycles. The van der Waals surface area contributed by atoms with Gasteiger partial charge < -0.3 is 14.2 Å². The molecule has 3 atom stereocenters. The van der Waals surface area contributed by atoms with E-state index < -0.39 is 16.6 Å². The van der Waals surface area contributed by atoms with E-state index in [1.807, 2.05) is 6.92 Å². The van der Waals surface area contributed by atoms with Crippen LogP contribution in [-0.2, 0) is 19.0 Å². The molecule has 2 saturated heterocycles. The monoisotopic (exact) mass is 206 g/mol. The molecule has 0 aromatic carbocycles. The highest BCUT2D eigenvalue weighted by Crippen LogP contribution is 2.59. The van der Waals surface area contributed by atoms with Crippen molar-refractivity contribution in [3.63, 3.8) is 0 Å². The SMILES string of the molecule is COC(=O)C1(Cl)OC12CCOC2C. The molecule has 0 saturated carbocycles. The standard InChI is InChI=1S/C8H11ClO4/c1-5-7(3-4-12-5)8(9,13-7)6(10)11-2/h5H,3-4H2,1-2H3. The lowest BCUT2D eigenvalue weighted by atomic mass is 9.98. The Labute approximate surface area is 81.1 Å². The van der Waals surface area contributed by atoms with Gasteiger partial charge in [0.15, 0.2) is 5.60 Å². The summed E-state index contributed by atoms with van der Waals surface area (Å²) in [6.07, 6.45) is 0.497. The number of epoxide rings is 1. The molecule has 0 aromatic rings. The van der Waals surface area contributed by atoms with E-state index in [0.717, 1.165) is 0 Å². The van der Waals surface area contributed by atoms with Crippen molar-refractivity contribution >= 4 is 17.6 Å². The first-order chi connectivity index (χ1) is 6.07. The summed E-state index contributed by atoms with van der Waals surface area (Å²) in [5.74, 6) is -0.536.